The molecule has 8 nitrogen and oxygen atoms in total. The van der Waals surface area contributed by atoms with Crippen LogP contribution in [0.3, 0.4) is 0 Å². The van der Waals surface area contributed by atoms with Crippen LogP contribution in [-0.4, -0.2) is 37.8 Å². The van der Waals surface area contributed by atoms with Crippen molar-refractivity contribution in [2.45, 2.75) is 27.3 Å². The van der Waals surface area contributed by atoms with Crippen molar-refractivity contribution >= 4 is 29.2 Å². The van der Waals surface area contributed by atoms with Crippen LogP contribution in [0.25, 0.3) is 0 Å². The van der Waals surface area contributed by atoms with E-state index in [-0.39, 0.29) is 17.0 Å². The van der Waals surface area contributed by atoms with Crippen LogP contribution in [0.4, 0.5) is 5.95 Å². The Kier molecular flexibility index (Phi) is 6.19. The summed E-state index contributed by atoms with van der Waals surface area (Å²) in [7, 11) is 0. The van der Waals surface area contributed by atoms with Gasteiger partial charge in [0, 0.05) is 5.56 Å². The van der Waals surface area contributed by atoms with Crippen LogP contribution >= 0.6 is 12.2 Å². The summed E-state index contributed by atoms with van der Waals surface area (Å²) >= 11 is 5.09. The van der Waals surface area contributed by atoms with Crippen LogP contribution in [0.15, 0.2) is 24.3 Å². The molecule has 0 aliphatic rings. The van der Waals surface area contributed by atoms with Crippen molar-refractivity contribution in [2.75, 3.05) is 11.9 Å². The number of nitrogens with one attached hydrogen (secondary N) is 2. The third-order valence-corrected chi connectivity index (χ3v) is 3.07. The van der Waals surface area contributed by atoms with Crippen molar-refractivity contribution in [3.05, 3.63) is 29.8 Å². The van der Waals surface area contributed by atoms with Crippen molar-refractivity contribution in [3.63, 3.8) is 0 Å². The van der Waals surface area contributed by atoms with Gasteiger partial charge >= 0.3 is 0 Å². The fourth-order valence-corrected chi connectivity index (χ4v) is 2.06. The van der Waals surface area contributed by atoms with Gasteiger partial charge in [0.25, 0.3) is 11.9 Å². The zero-order valence-corrected chi connectivity index (χ0v) is 14.6. The maximum absolute atomic E-state index is 12.1. The fraction of sp³-hybridized carbons (Fsp3) is 0.400. The highest BCUT2D eigenvalue weighted by atomic mass is 32.1. The molecule has 0 aliphatic heterocycles. The van der Waals surface area contributed by atoms with E-state index in [1.54, 1.807) is 24.3 Å². The van der Waals surface area contributed by atoms with E-state index < -0.39 is 0 Å². The van der Waals surface area contributed by atoms with Crippen molar-refractivity contribution < 1.29 is 9.53 Å². The largest absolute Gasteiger partial charge is 0.494 e. The van der Waals surface area contributed by atoms with E-state index in [4.69, 9.17) is 17.0 Å². The van der Waals surface area contributed by atoms with Crippen molar-refractivity contribution in [3.8, 4) is 5.75 Å². The smallest absolute Gasteiger partial charge is 0.269 e. The molecule has 2 rings (SSSR count). The van der Waals surface area contributed by atoms with E-state index in [0.717, 1.165) is 0 Å². The number of tetrazole rings is 1. The normalized spacial score (nSPS) is 10.5. The van der Waals surface area contributed by atoms with Gasteiger partial charge in [-0.15, -0.1) is 5.10 Å². The Hall–Kier alpha value is -2.55. The van der Waals surface area contributed by atoms with Gasteiger partial charge in [-0.3, -0.25) is 15.4 Å². The van der Waals surface area contributed by atoms with E-state index >= 15 is 0 Å². The molecular formula is C15H20N6O2S. The lowest BCUT2D eigenvalue weighted by Gasteiger charge is -2.07. The van der Waals surface area contributed by atoms with E-state index in [2.05, 4.69) is 39.9 Å². The summed E-state index contributed by atoms with van der Waals surface area (Å²) < 4.78 is 5.33. The molecule has 0 saturated heterocycles. The number of amides is 1. The minimum Gasteiger partial charge on any atom is -0.494 e. The number of aromatic nitrogens is 4. The summed E-state index contributed by atoms with van der Waals surface area (Å²) in [5, 5.41) is 17.3. The maximum Gasteiger partial charge on any atom is 0.269 e. The number of carbonyl (C=O) groups excluding carboxylic acids is 1. The van der Waals surface area contributed by atoms with Crippen LogP contribution in [0.5, 0.6) is 5.75 Å². The minimum atomic E-state index is -0.329. The number of carbonyl (C=O) groups is 1. The summed E-state index contributed by atoms with van der Waals surface area (Å²) in [6.45, 7) is 7.23. The molecule has 24 heavy (non-hydrogen) atoms. The molecule has 0 radical (unpaired) electrons. The molecule has 1 aromatic heterocycles. The number of nitrogens with zero attached hydrogens (tertiary/aromatic N) is 4. The fourth-order valence-electron chi connectivity index (χ4n) is 1.87. The Labute approximate surface area is 145 Å². The second kappa shape index (κ2) is 8.34. The van der Waals surface area contributed by atoms with Crippen LogP contribution in [0.1, 0.15) is 31.1 Å². The zero-order valence-electron chi connectivity index (χ0n) is 13.8. The number of anilines is 1. The molecule has 0 unspecified atom stereocenters. The van der Waals surface area contributed by atoms with Gasteiger partial charge in [-0.25, -0.2) is 0 Å². The van der Waals surface area contributed by atoms with Crippen molar-refractivity contribution in [2.24, 2.45) is 5.92 Å². The van der Waals surface area contributed by atoms with Gasteiger partial charge in [-0.1, -0.05) is 18.9 Å². The predicted octanol–water partition coefficient (Wildman–Crippen LogP) is 1.85. The molecule has 2 aromatic rings. The second-order valence-corrected chi connectivity index (χ2v) is 5.84. The van der Waals surface area contributed by atoms with E-state index in [1.807, 2.05) is 6.92 Å². The molecule has 0 aliphatic carbocycles. The summed E-state index contributed by atoms with van der Waals surface area (Å²) in [6.07, 6.45) is 0. The highest BCUT2D eigenvalue weighted by Gasteiger charge is 2.10. The first-order valence-electron chi connectivity index (χ1n) is 7.61. The molecule has 1 heterocycles. The SMILES string of the molecule is CCOc1ccc(C(=O)NC(=S)Nc2nnn(CC(C)C)n2)cc1. The Morgan fingerprint density at radius 2 is 2.04 bits per heavy atom. The van der Waals surface area contributed by atoms with E-state index in [0.29, 0.717) is 30.4 Å². The summed E-state index contributed by atoms with van der Waals surface area (Å²) in [6, 6.07) is 6.79. The second-order valence-electron chi connectivity index (χ2n) is 5.43. The molecule has 9 heteroatoms. The van der Waals surface area contributed by atoms with Gasteiger partial charge in [0.05, 0.1) is 13.2 Å². The van der Waals surface area contributed by atoms with Gasteiger partial charge in [-0.05, 0) is 54.5 Å². The highest BCUT2D eigenvalue weighted by Crippen LogP contribution is 2.12. The van der Waals surface area contributed by atoms with Gasteiger partial charge in [0.2, 0.25) is 0 Å². The van der Waals surface area contributed by atoms with Crippen molar-refractivity contribution in [1.29, 1.82) is 0 Å². The van der Waals surface area contributed by atoms with Crippen molar-refractivity contribution in [1.82, 2.24) is 25.5 Å². The Morgan fingerprint density at radius 3 is 2.67 bits per heavy atom. The first kappa shape index (κ1) is 17.8. The Bertz CT molecular complexity index is 698. The molecule has 1 amide bonds. The molecule has 1 aromatic carbocycles. The average Bonchev–Trinajstić information content (AvgIpc) is 2.94. The third kappa shape index (κ3) is 5.27. The standard InChI is InChI=1S/C15H20N6O2S/c1-4-23-12-7-5-11(6-8-12)13(22)16-15(24)17-14-18-20-21(19-14)9-10(2)3/h5-8,10H,4,9H2,1-3H3,(H2,16,17,19,22,24). The maximum atomic E-state index is 12.1. The summed E-state index contributed by atoms with van der Waals surface area (Å²) in [5.74, 6) is 1.02. The lowest BCUT2D eigenvalue weighted by atomic mass is 10.2. The molecule has 128 valence electrons. The van der Waals surface area contributed by atoms with Gasteiger partial charge < -0.3 is 4.74 Å². The van der Waals surface area contributed by atoms with E-state index in [9.17, 15) is 4.79 Å². The molecule has 0 fully saturated rings. The van der Waals surface area contributed by atoms with Crippen LogP contribution < -0.4 is 15.4 Å². The van der Waals surface area contributed by atoms with Gasteiger partial charge in [-0.2, -0.15) is 4.80 Å². The Balaban J connectivity index is 1.89. The van der Waals surface area contributed by atoms with Crippen LogP contribution in [0.2, 0.25) is 0 Å². The highest BCUT2D eigenvalue weighted by molar-refractivity contribution is 7.80. The quantitative estimate of drug-likeness (QED) is 0.769. The number of ether oxygens (including phenoxy) is 1. The summed E-state index contributed by atoms with van der Waals surface area (Å²) in [5.41, 5.74) is 0.471. The first-order valence-corrected chi connectivity index (χ1v) is 8.01. The number of hydrogen-bond acceptors (Lipinski definition) is 6. The predicted molar refractivity (Wildman–Crippen MR) is 94.0 cm³/mol. The lowest BCUT2D eigenvalue weighted by Crippen LogP contribution is -2.34. The molecule has 0 atom stereocenters. The van der Waals surface area contributed by atoms with Gasteiger partial charge in [0.1, 0.15) is 5.75 Å². The minimum absolute atomic E-state index is 0.109. The number of thiocarbonyl (C=S) groups is 1. The molecular weight excluding hydrogens is 328 g/mol. The van der Waals surface area contributed by atoms with Gasteiger partial charge in [0.15, 0.2) is 5.11 Å². The van der Waals surface area contributed by atoms with Crippen LogP contribution in [0, 0.1) is 5.92 Å². The molecule has 0 bridgehead atoms. The monoisotopic (exact) mass is 348 g/mol. The number of benzene rings is 1. The zero-order chi connectivity index (χ0) is 17.5. The first-order chi connectivity index (χ1) is 11.5. The Morgan fingerprint density at radius 1 is 1.33 bits per heavy atom. The average molecular weight is 348 g/mol. The lowest BCUT2D eigenvalue weighted by molar-refractivity contribution is 0.0977. The number of rotatable bonds is 6. The van der Waals surface area contributed by atoms with E-state index in [1.165, 1.54) is 4.80 Å². The summed E-state index contributed by atoms with van der Waals surface area (Å²) in [4.78, 5) is 13.6. The topological polar surface area (TPSA) is 94.0 Å². The molecule has 2 N–H and O–H groups in total. The molecule has 0 saturated carbocycles. The number of hydrogen-bond donors (Lipinski definition) is 2. The molecule has 0 spiro atoms. The third-order valence-electron chi connectivity index (χ3n) is 2.86. The van der Waals surface area contributed by atoms with Crippen LogP contribution in [-0.2, 0) is 6.54 Å².